The third kappa shape index (κ3) is 2.34. The Morgan fingerprint density at radius 1 is 1.47 bits per heavy atom. The van der Waals surface area contributed by atoms with Crippen LogP contribution in [0.5, 0.6) is 0 Å². The van der Waals surface area contributed by atoms with Crippen molar-refractivity contribution in [2.24, 2.45) is 5.10 Å². The molecule has 1 aromatic rings. The average Bonchev–Trinajstić information content (AvgIpc) is 2.58. The predicted molar refractivity (Wildman–Crippen MR) is 68.7 cm³/mol. The highest BCUT2D eigenvalue weighted by Crippen LogP contribution is 2.23. The minimum Gasteiger partial charge on any atom is -0.325 e. The molecular weight excluding hydrogens is 214 g/mol. The smallest absolute Gasteiger partial charge is 0.325 e. The number of nitrogens with one attached hydrogen (secondary N) is 1. The van der Waals surface area contributed by atoms with E-state index in [1.165, 1.54) is 5.01 Å². The van der Waals surface area contributed by atoms with E-state index >= 15 is 0 Å². The summed E-state index contributed by atoms with van der Waals surface area (Å²) in [7, 11) is 0. The molecule has 0 aromatic heterocycles. The van der Waals surface area contributed by atoms with Gasteiger partial charge < -0.3 is 5.32 Å². The second-order valence-electron chi connectivity index (χ2n) is 3.36. The van der Waals surface area contributed by atoms with Gasteiger partial charge in [0.05, 0.1) is 12.2 Å². The zero-order valence-corrected chi connectivity index (χ0v) is 9.13. The van der Waals surface area contributed by atoms with Gasteiger partial charge in [0.1, 0.15) is 0 Å². The van der Waals surface area contributed by atoms with Crippen LogP contribution in [0.4, 0.5) is 10.5 Å². The van der Waals surface area contributed by atoms with Crippen LogP contribution in [-0.4, -0.2) is 18.8 Å². The number of carbonyl (C=O) groups is 1. The molecule has 84 valence electrons. The standard InChI is InChI=1S/C13H11N3O/c1-2-9-14-13(17)16-12-8-4-3-6-11(12)7-5-10-15-16/h1,3-8,10H,9H2,(H,14,17). The number of carbonyl (C=O) groups excluding carboxylic acids is 1. The average molecular weight is 225 g/mol. The topological polar surface area (TPSA) is 44.7 Å². The minimum absolute atomic E-state index is 0.181. The molecule has 0 saturated heterocycles. The van der Waals surface area contributed by atoms with Gasteiger partial charge in [-0.25, -0.2) is 4.79 Å². The molecule has 0 fully saturated rings. The van der Waals surface area contributed by atoms with Crippen LogP contribution in [0.3, 0.4) is 0 Å². The number of urea groups is 1. The van der Waals surface area contributed by atoms with Gasteiger partial charge in [0, 0.05) is 11.8 Å². The lowest BCUT2D eigenvalue weighted by Crippen LogP contribution is -2.37. The van der Waals surface area contributed by atoms with Crippen molar-refractivity contribution in [3.8, 4) is 12.3 Å². The van der Waals surface area contributed by atoms with Crippen molar-refractivity contribution >= 4 is 24.0 Å². The number of nitrogens with zero attached hydrogens (tertiary/aromatic N) is 2. The van der Waals surface area contributed by atoms with Crippen LogP contribution in [0, 0.1) is 12.3 Å². The Bertz CT molecular complexity index is 526. The van der Waals surface area contributed by atoms with Gasteiger partial charge in [0.15, 0.2) is 0 Å². The quantitative estimate of drug-likeness (QED) is 0.728. The number of hydrogen-bond acceptors (Lipinski definition) is 2. The SMILES string of the molecule is C#CCNC(=O)N1N=CC=Cc2ccccc21. The summed E-state index contributed by atoms with van der Waals surface area (Å²) in [6.07, 6.45) is 10.3. The highest BCUT2D eigenvalue weighted by atomic mass is 16.2. The number of benzene rings is 1. The predicted octanol–water partition coefficient (Wildman–Crippen LogP) is 1.85. The van der Waals surface area contributed by atoms with Crippen molar-refractivity contribution < 1.29 is 4.79 Å². The second kappa shape index (κ2) is 4.99. The van der Waals surface area contributed by atoms with Crippen molar-refractivity contribution in [2.75, 3.05) is 11.6 Å². The van der Waals surface area contributed by atoms with Crippen LogP contribution >= 0.6 is 0 Å². The Morgan fingerprint density at radius 3 is 3.12 bits per heavy atom. The van der Waals surface area contributed by atoms with Crippen LogP contribution in [0.15, 0.2) is 35.4 Å². The highest BCUT2D eigenvalue weighted by Gasteiger charge is 2.17. The number of allylic oxidation sites excluding steroid dienone is 1. The fourth-order valence-electron chi connectivity index (χ4n) is 1.50. The number of hydrazone groups is 1. The second-order valence-corrected chi connectivity index (χ2v) is 3.36. The molecule has 1 aromatic carbocycles. The summed E-state index contributed by atoms with van der Waals surface area (Å²) in [5.74, 6) is 2.35. The molecule has 0 atom stereocenters. The van der Waals surface area contributed by atoms with Crippen molar-refractivity contribution in [3.63, 3.8) is 0 Å². The number of fused-ring (bicyclic) bond motifs is 1. The van der Waals surface area contributed by atoms with Crippen LogP contribution < -0.4 is 10.3 Å². The van der Waals surface area contributed by atoms with Gasteiger partial charge in [-0.3, -0.25) is 0 Å². The third-order valence-electron chi connectivity index (χ3n) is 2.24. The summed E-state index contributed by atoms with van der Waals surface area (Å²) >= 11 is 0. The molecule has 1 aliphatic rings. The number of anilines is 1. The summed E-state index contributed by atoms with van der Waals surface area (Å²) in [6.45, 7) is 0.181. The zero-order chi connectivity index (χ0) is 12.1. The first-order chi connectivity index (χ1) is 8.33. The summed E-state index contributed by atoms with van der Waals surface area (Å²) in [5, 5.41) is 7.94. The summed E-state index contributed by atoms with van der Waals surface area (Å²) < 4.78 is 0. The fraction of sp³-hybridized carbons (Fsp3) is 0.0769. The molecule has 1 heterocycles. The lowest BCUT2D eigenvalue weighted by Gasteiger charge is -2.17. The van der Waals surface area contributed by atoms with Crippen LogP contribution in [0.2, 0.25) is 0 Å². The van der Waals surface area contributed by atoms with Crippen molar-refractivity contribution in [1.82, 2.24) is 5.32 Å². The van der Waals surface area contributed by atoms with Gasteiger partial charge in [-0.2, -0.15) is 10.1 Å². The summed E-state index contributed by atoms with van der Waals surface area (Å²) in [6, 6.07) is 7.18. The molecule has 1 aliphatic heterocycles. The molecule has 0 bridgehead atoms. The van der Waals surface area contributed by atoms with Gasteiger partial charge in [-0.15, -0.1) is 6.42 Å². The highest BCUT2D eigenvalue weighted by molar-refractivity contribution is 5.97. The Hall–Kier alpha value is -2.54. The van der Waals surface area contributed by atoms with Crippen molar-refractivity contribution in [1.29, 1.82) is 0 Å². The molecule has 0 radical (unpaired) electrons. The molecule has 0 spiro atoms. The monoisotopic (exact) mass is 225 g/mol. The van der Waals surface area contributed by atoms with Crippen molar-refractivity contribution in [3.05, 3.63) is 35.9 Å². The zero-order valence-electron chi connectivity index (χ0n) is 9.13. The first-order valence-corrected chi connectivity index (χ1v) is 5.14. The number of rotatable bonds is 1. The molecule has 0 unspecified atom stereocenters. The molecule has 4 heteroatoms. The minimum atomic E-state index is -0.338. The van der Waals surface area contributed by atoms with E-state index in [0.29, 0.717) is 0 Å². The van der Waals surface area contributed by atoms with E-state index in [-0.39, 0.29) is 12.6 Å². The molecule has 1 N–H and O–H groups in total. The molecule has 2 rings (SSSR count). The molecular formula is C13H11N3O. The van der Waals surface area contributed by atoms with E-state index in [1.807, 2.05) is 30.3 Å². The van der Waals surface area contributed by atoms with E-state index in [4.69, 9.17) is 6.42 Å². The maximum Gasteiger partial charge on any atom is 0.343 e. The van der Waals surface area contributed by atoms with E-state index in [0.717, 1.165) is 11.3 Å². The van der Waals surface area contributed by atoms with E-state index in [9.17, 15) is 4.79 Å². The van der Waals surface area contributed by atoms with E-state index in [2.05, 4.69) is 16.3 Å². The molecule has 0 saturated carbocycles. The number of para-hydroxylation sites is 1. The first kappa shape index (κ1) is 11.0. The van der Waals surface area contributed by atoms with Gasteiger partial charge in [-0.1, -0.05) is 30.2 Å². The maximum atomic E-state index is 11.9. The maximum absolute atomic E-state index is 11.9. The first-order valence-electron chi connectivity index (χ1n) is 5.14. The number of terminal acetylenes is 1. The van der Waals surface area contributed by atoms with Crippen LogP contribution in [0.1, 0.15) is 5.56 Å². The summed E-state index contributed by atoms with van der Waals surface area (Å²) in [5.41, 5.74) is 1.66. The molecule has 4 nitrogen and oxygen atoms in total. The number of hydrogen-bond donors (Lipinski definition) is 1. The normalized spacial score (nSPS) is 12.5. The van der Waals surface area contributed by atoms with Gasteiger partial charge >= 0.3 is 6.03 Å². The third-order valence-corrected chi connectivity index (χ3v) is 2.24. The van der Waals surface area contributed by atoms with Crippen molar-refractivity contribution in [2.45, 2.75) is 0 Å². The summed E-state index contributed by atoms with van der Waals surface area (Å²) in [4.78, 5) is 11.9. The Morgan fingerprint density at radius 2 is 2.29 bits per heavy atom. The molecule has 17 heavy (non-hydrogen) atoms. The van der Waals surface area contributed by atoms with Gasteiger partial charge in [0.25, 0.3) is 0 Å². The number of amides is 2. The Balaban J connectivity index is 2.31. The van der Waals surface area contributed by atoms with Crippen LogP contribution in [-0.2, 0) is 0 Å². The largest absolute Gasteiger partial charge is 0.343 e. The lowest BCUT2D eigenvalue weighted by molar-refractivity contribution is 0.247. The molecule has 0 aliphatic carbocycles. The lowest BCUT2D eigenvalue weighted by atomic mass is 10.1. The Labute approximate surface area is 99.6 Å². The fourth-order valence-corrected chi connectivity index (χ4v) is 1.50. The van der Waals surface area contributed by atoms with Gasteiger partial charge in [-0.05, 0) is 12.1 Å². The van der Waals surface area contributed by atoms with Crippen LogP contribution in [0.25, 0.3) is 6.08 Å². The van der Waals surface area contributed by atoms with Gasteiger partial charge in [0.2, 0.25) is 0 Å². The Kier molecular flexibility index (Phi) is 3.22. The molecule has 2 amide bonds. The van der Waals surface area contributed by atoms with E-state index in [1.54, 1.807) is 12.3 Å². The van der Waals surface area contributed by atoms with E-state index < -0.39 is 0 Å².